The van der Waals surface area contributed by atoms with Crippen LogP contribution < -0.4 is 10.1 Å². The summed E-state index contributed by atoms with van der Waals surface area (Å²) in [5.41, 5.74) is 2.67. The number of amides is 2. The van der Waals surface area contributed by atoms with Crippen LogP contribution in [0.4, 0.5) is 5.82 Å². The highest BCUT2D eigenvalue weighted by Gasteiger charge is 2.18. The van der Waals surface area contributed by atoms with Crippen molar-refractivity contribution in [2.45, 2.75) is 19.9 Å². The molecule has 3 aromatic rings. The molecule has 7 heteroatoms. The normalized spacial score (nSPS) is 13.2. The molecular weight excluding hydrogens is 370 g/mol. The maximum atomic E-state index is 12.6. The van der Waals surface area contributed by atoms with Gasteiger partial charge >= 0.3 is 0 Å². The average Bonchev–Trinajstić information content (AvgIpc) is 3.08. The SMILES string of the molecule is CCc1c(CN(C)C(=O)/C=C/c2cnc3c(c2)OCC(=O)N3)oc2ccccc12. The minimum atomic E-state index is -0.234. The van der Waals surface area contributed by atoms with Gasteiger partial charge in [-0.15, -0.1) is 0 Å². The number of furan rings is 1. The molecular formula is C22H21N3O4. The first-order valence-electron chi connectivity index (χ1n) is 9.40. The van der Waals surface area contributed by atoms with Gasteiger partial charge in [-0.1, -0.05) is 25.1 Å². The van der Waals surface area contributed by atoms with Crippen molar-refractivity contribution in [2.75, 3.05) is 19.0 Å². The zero-order valence-corrected chi connectivity index (χ0v) is 16.3. The summed E-state index contributed by atoms with van der Waals surface area (Å²) in [5, 5.41) is 3.73. The van der Waals surface area contributed by atoms with Gasteiger partial charge in [0, 0.05) is 30.3 Å². The zero-order chi connectivity index (χ0) is 20.4. The summed E-state index contributed by atoms with van der Waals surface area (Å²) in [6, 6.07) is 9.64. The molecule has 0 atom stereocenters. The lowest BCUT2D eigenvalue weighted by molar-refractivity contribution is -0.125. The topological polar surface area (TPSA) is 84.7 Å². The molecule has 1 aliphatic rings. The number of hydrogen-bond donors (Lipinski definition) is 1. The number of likely N-dealkylation sites (N-methyl/N-ethyl adjacent to an activating group) is 1. The minimum Gasteiger partial charge on any atom is -0.480 e. The van der Waals surface area contributed by atoms with E-state index in [2.05, 4.69) is 17.2 Å². The average molecular weight is 391 g/mol. The summed E-state index contributed by atoms with van der Waals surface area (Å²) in [5.74, 6) is 1.29. The van der Waals surface area contributed by atoms with E-state index in [1.54, 1.807) is 30.3 Å². The van der Waals surface area contributed by atoms with Crippen molar-refractivity contribution in [2.24, 2.45) is 0 Å². The molecule has 29 heavy (non-hydrogen) atoms. The van der Waals surface area contributed by atoms with Gasteiger partial charge in [0.2, 0.25) is 5.91 Å². The van der Waals surface area contributed by atoms with Gasteiger partial charge in [-0.2, -0.15) is 0 Å². The van der Waals surface area contributed by atoms with Gasteiger partial charge in [0.05, 0.1) is 6.54 Å². The zero-order valence-electron chi connectivity index (χ0n) is 16.3. The van der Waals surface area contributed by atoms with Crippen molar-refractivity contribution in [1.82, 2.24) is 9.88 Å². The fourth-order valence-corrected chi connectivity index (χ4v) is 3.32. The molecule has 0 aliphatic carbocycles. The third-order valence-electron chi connectivity index (χ3n) is 4.80. The Morgan fingerprint density at radius 1 is 1.34 bits per heavy atom. The van der Waals surface area contributed by atoms with Gasteiger partial charge < -0.3 is 19.4 Å². The molecule has 148 valence electrons. The van der Waals surface area contributed by atoms with Crippen LogP contribution in [-0.2, 0) is 22.6 Å². The summed E-state index contributed by atoms with van der Waals surface area (Å²) in [7, 11) is 1.74. The molecule has 0 radical (unpaired) electrons. The molecule has 2 aromatic heterocycles. The van der Waals surface area contributed by atoms with Crippen LogP contribution in [0, 0.1) is 0 Å². The van der Waals surface area contributed by atoms with Crippen molar-refractivity contribution in [3.8, 4) is 5.75 Å². The monoisotopic (exact) mass is 391 g/mol. The lowest BCUT2D eigenvalue weighted by Crippen LogP contribution is -2.26. The molecule has 0 saturated carbocycles. The number of rotatable bonds is 5. The summed E-state index contributed by atoms with van der Waals surface area (Å²) < 4.78 is 11.3. The van der Waals surface area contributed by atoms with Crippen LogP contribution in [0.15, 0.2) is 47.0 Å². The van der Waals surface area contributed by atoms with Crippen LogP contribution in [0.2, 0.25) is 0 Å². The lowest BCUT2D eigenvalue weighted by atomic mass is 10.1. The lowest BCUT2D eigenvalue weighted by Gasteiger charge is -2.17. The molecule has 0 unspecified atom stereocenters. The Morgan fingerprint density at radius 3 is 3.00 bits per heavy atom. The highest BCUT2D eigenvalue weighted by atomic mass is 16.5. The molecule has 1 N–H and O–H groups in total. The Kier molecular flexibility index (Phi) is 5.03. The van der Waals surface area contributed by atoms with Crippen LogP contribution >= 0.6 is 0 Å². The number of ether oxygens (including phenoxy) is 1. The van der Waals surface area contributed by atoms with Crippen LogP contribution in [0.5, 0.6) is 5.75 Å². The standard InChI is InChI=1S/C22H21N3O4/c1-3-15-16-6-4-5-7-17(16)29-19(15)12-25(2)21(27)9-8-14-10-18-22(23-11-14)24-20(26)13-28-18/h4-11H,3,12-13H2,1-2H3,(H,23,24,26)/b9-8+. The van der Waals surface area contributed by atoms with Crippen molar-refractivity contribution in [1.29, 1.82) is 0 Å². The number of carbonyl (C=O) groups excluding carboxylic acids is 2. The molecule has 1 aromatic carbocycles. The number of fused-ring (bicyclic) bond motifs is 2. The molecule has 2 amide bonds. The molecule has 0 bridgehead atoms. The Bertz CT molecular complexity index is 1120. The largest absolute Gasteiger partial charge is 0.480 e. The molecule has 7 nitrogen and oxygen atoms in total. The van der Waals surface area contributed by atoms with E-state index in [4.69, 9.17) is 9.15 Å². The molecule has 3 heterocycles. The third-order valence-corrected chi connectivity index (χ3v) is 4.80. The predicted molar refractivity (Wildman–Crippen MR) is 109 cm³/mol. The smallest absolute Gasteiger partial charge is 0.263 e. The van der Waals surface area contributed by atoms with E-state index in [9.17, 15) is 9.59 Å². The first-order chi connectivity index (χ1) is 14.0. The van der Waals surface area contributed by atoms with Crippen molar-refractivity contribution >= 4 is 34.7 Å². The van der Waals surface area contributed by atoms with E-state index < -0.39 is 0 Å². The summed E-state index contributed by atoms with van der Waals surface area (Å²) in [6.45, 7) is 2.43. The Morgan fingerprint density at radius 2 is 2.17 bits per heavy atom. The fourth-order valence-electron chi connectivity index (χ4n) is 3.32. The Hall–Kier alpha value is -3.61. The molecule has 0 spiro atoms. The second kappa shape index (κ2) is 7.79. The quantitative estimate of drug-likeness (QED) is 0.674. The number of benzene rings is 1. The van der Waals surface area contributed by atoms with Gasteiger partial charge in [0.15, 0.2) is 18.2 Å². The van der Waals surface area contributed by atoms with Crippen LogP contribution in [0.3, 0.4) is 0 Å². The van der Waals surface area contributed by atoms with Crippen LogP contribution in [-0.4, -0.2) is 35.4 Å². The highest BCUT2D eigenvalue weighted by molar-refractivity contribution is 5.95. The third kappa shape index (κ3) is 3.85. The molecule has 4 rings (SSSR count). The molecule has 0 saturated heterocycles. The highest BCUT2D eigenvalue weighted by Crippen LogP contribution is 2.28. The number of nitrogens with one attached hydrogen (secondary N) is 1. The Balaban J connectivity index is 1.47. The van der Waals surface area contributed by atoms with E-state index in [0.29, 0.717) is 23.7 Å². The van der Waals surface area contributed by atoms with Crippen LogP contribution in [0.1, 0.15) is 23.8 Å². The number of hydrogen-bond acceptors (Lipinski definition) is 5. The van der Waals surface area contributed by atoms with Gasteiger partial charge in [0.1, 0.15) is 11.3 Å². The first kappa shape index (κ1) is 18.7. The second-order valence-electron chi connectivity index (χ2n) is 6.83. The number of anilines is 1. The van der Waals surface area contributed by atoms with Crippen molar-refractivity contribution < 1.29 is 18.7 Å². The van der Waals surface area contributed by atoms with E-state index >= 15 is 0 Å². The van der Waals surface area contributed by atoms with Gasteiger partial charge in [-0.25, -0.2) is 4.98 Å². The number of aromatic nitrogens is 1. The van der Waals surface area contributed by atoms with Gasteiger partial charge in [-0.05, 0) is 30.2 Å². The van der Waals surface area contributed by atoms with E-state index in [1.165, 1.54) is 6.08 Å². The predicted octanol–water partition coefficient (Wildman–Crippen LogP) is 3.39. The van der Waals surface area contributed by atoms with Crippen LogP contribution in [0.25, 0.3) is 17.0 Å². The van der Waals surface area contributed by atoms with E-state index in [0.717, 1.165) is 28.7 Å². The number of aryl methyl sites for hydroxylation is 1. The Labute approximate surface area is 168 Å². The maximum Gasteiger partial charge on any atom is 0.263 e. The van der Waals surface area contributed by atoms with Crippen molar-refractivity contribution in [3.05, 3.63) is 59.5 Å². The maximum absolute atomic E-state index is 12.6. The number of carbonyl (C=O) groups is 2. The van der Waals surface area contributed by atoms with Crippen molar-refractivity contribution in [3.63, 3.8) is 0 Å². The van der Waals surface area contributed by atoms with E-state index in [-0.39, 0.29) is 18.4 Å². The van der Waals surface area contributed by atoms with Gasteiger partial charge in [0.25, 0.3) is 5.91 Å². The van der Waals surface area contributed by atoms with E-state index in [1.807, 2.05) is 24.3 Å². The second-order valence-corrected chi connectivity index (χ2v) is 6.83. The first-order valence-corrected chi connectivity index (χ1v) is 9.40. The van der Waals surface area contributed by atoms with Gasteiger partial charge in [-0.3, -0.25) is 9.59 Å². The molecule has 0 fully saturated rings. The number of nitrogens with zero attached hydrogens (tertiary/aromatic N) is 2. The minimum absolute atomic E-state index is 0.0409. The molecule has 1 aliphatic heterocycles. The summed E-state index contributed by atoms with van der Waals surface area (Å²) in [6.07, 6.45) is 5.57. The number of para-hydroxylation sites is 1. The fraction of sp³-hybridized carbons (Fsp3) is 0.227. The number of pyridine rings is 1. The summed E-state index contributed by atoms with van der Waals surface area (Å²) >= 11 is 0. The summed E-state index contributed by atoms with van der Waals surface area (Å²) in [4.78, 5) is 29.6.